The third-order valence-corrected chi connectivity index (χ3v) is 4.60. The Hall–Kier alpha value is -1.16. The zero-order valence-electron chi connectivity index (χ0n) is 13.3. The summed E-state index contributed by atoms with van der Waals surface area (Å²) in [5, 5.41) is 5.76. The highest BCUT2D eigenvalue weighted by Gasteiger charge is 2.11. The number of nitrogens with one attached hydrogen (secondary N) is 1. The van der Waals surface area contributed by atoms with Crippen LogP contribution in [-0.2, 0) is 6.54 Å². The molecular weight excluding hydrogens is 276 g/mol. The Kier molecular flexibility index (Phi) is 6.43. The van der Waals surface area contributed by atoms with Gasteiger partial charge in [-0.25, -0.2) is 0 Å². The number of nitrogens with zero attached hydrogens (tertiary/aromatic N) is 1. The lowest BCUT2D eigenvalue weighted by atomic mass is 10.0. The van der Waals surface area contributed by atoms with Crippen molar-refractivity contribution in [1.29, 1.82) is 0 Å². The van der Waals surface area contributed by atoms with Crippen LogP contribution >= 0.6 is 11.3 Å². The Morgan fingerprint density at radius 1 is 1.19 bits per heavy atom. The van der Waals surface area contributed by atoms with Crippen molar-refractivity contribution < 1.29 is 0 Å². The topological polar surface area (TPSA) is 15.3 Å². The SMILES string of the molecule is CCNC(CCN(C)Cc1cccs1)c1ccc(C)cc1. The quantitative estimate of drug-likeness (QED) is 0.785. The fourth-order valence-corrected chi connectivity index (χ4v) is 3.31. The van der Waals surface area contributed by atoms with Gasteiger partial charge in [0, 0.05) is 24.0 Å². The smallest absolute Gasteiger partial charge is 0.0332 e. The van der Waals surface area contributed by atoms with Crippen molar-refractivity contribution in [1.82, 2.24) is 10.2 Å². The van der Waals surface area contributed by atoms with Gasteiger partial charge < -0.3 is 10.2 Å². The van der Waals surface area contributed by atoms with Gasteiger partial charge in [0.15, 0.2) is 0 Å². The molecule has 1 atom stereocenters. The number of hydrogen-bond acceptors (Lipinski definition) is 3. The fourth-order valence-electron chi connectivity index (χ4n) is 2.53. The summed E-state index contributed by atoms with van der Waals surface area (Å²) in [7, 11) is 2.21. The Balaban J connectivity index is 1.88. The maximum absolute atomic E-state index is 3.61. The van der Waals surface area contributed by atoms with Crippen LogP contribution in [0, 0.1) is 6.92 Å². The van der Waals surface area contributed by atoms with E-state index in [9.17, 15) is 0 Å². The molecule has 1 aromatic carbocycles. The molecule has 0 aliphatic rings. The normalized spacial score (nSPS) is 12.8. The highest BCUT2D eigenvalue weighted by molar-refractivity contribution is 7.09. The minimum atomic E-state index is 0.446. The molecule has 0 fully saturated rings. The number of rotatable bonds is 8. The summed E-state index contributed by atoms with van der Waals surface area (Å²) in [4.78, 5) is 3.84. The molecule has 0 saturated heterocycles. The molecule has 1 heterocycles. The van der Waals surface area contributed by atoms with Gasteiger partial charge in [0.05, 0.1) is 0 Å². The van der Waals surface area contributed by atoms with Gasteiger partial charge in [-0.15, -0.1) is 11.3 Å². The summed E-state index contributed by atoms with van der Waals surface area (Å²) in [6, 6.07) is 13.7. The Morgan fingerprint density at radius 2 is 1.95 bits per heavy atom. The first kappa shape index (κ1) is 16.2. The first-order valence-corrected chi connectivity index (χ1v) is 8.58. The van der Waals surface area contributed by atoms with E-state index in [2.05, 4.69) is 72.9 Å². The van der Waals surface area contributed by atoms with Crippen LogP contribution in [0.25, 0.3) is 0 Å². The number of benzene rings is 1. The molecule has 0 spiro atoms. The molecule has 3 heteroatoms. The molecule has 1 unspecified atom stereocenters. The van der Waals surface area contributed by atoms with Crippen molar-refractivity contribution >= 4 is 11.3 Å². The predicted molar refractivity (Wildman–Crippen MR) is 92.9 cm³/mol. The van der Waals surface area contributed by atoms with E-state index < -0.39 is 0 Å². The first-order valence-electron chi connectivity index (χ1n) is 7.70. The van der Waals surface area contributed by atoms with Crippen molar-refractivity contribution in [2.45, 2.75) is 32.9 Å². The highest BCUT2D eigenvalue weighted by atomic mass is 32.1. The minimum absolute atomic E-state index is 0.446. The summed E-state index contributed by atoms with van der Waals surface area (Å²) in [5.74, 6) is 0. The average Bonchev–Trinajstić information content (AvgIpc) is 2.97. The molecule has 114 valence electrons. The molecule has 0 radical (unpaired) electrons. The standard InChI is InChI=1S/C18H26N2S/c1-4-19-18(16-9-7-15(2)8-10-16)11-12-20(3)14-17-6-5-13-21-17/h5-10,13,18-19H,4,11-12,14H2,1-3H3. The highest BCUT2D eigenvalue weighted by Crippen LogP contribution is 2.19. The first-order chi connectivity index (χ1) is 10.2. The van der Waals surface area contributed by atoms with E-state index in [1.54, 1.807) is 0 Å². The van der Waals surface area contributed by atoms with Gasteiger partial charge in [0.2, 0.25) is 0 Å². The van der Waals surface area contributed by atoms with E-state index in [0.717, 1.165) is 26.1 Å². The van der Waals surface area contributed by atoms with Crippen LogP contribution in [0.15, 0.2) is 41.8 Å². The Bertz CT molecular complexity index is 505. The van der Waals surface area contributed by atoms with Crippen molar-refractivity contribution in [3.8, 4) is 0 Å². The van der Waals surface area contributed by atoms with Crippen LogP contribution in [-0.4, -0.2) is 25.0 Å². The largest absolute Gasteiger partial charge is 0.310 e. The van der Waals surface area contributed by atoms with Crippen LogP contribution in [0.4, 0.5) is 0 Å². The van der Waals surface area contributed by atoms with Crippen LogP contribution in [0.1, 0.15) is 35.4 Å². The lowest BCUT2D eigenvalue weighted by Gasteiger charge is -2.22. The molecule has 21 heavy (non-hydrogen) atoms. The van der Waals surface area contributed by atoms with E-state index in [0.29, 0.717) is 6.04 Å². The fraction of sp³-hybridized carbons (Fsp3) is 0.444. The second kappa shape index (κ2) is 8.32. The number of hydrogen-bond donors (Lipinski definition) is 1. The second-order valence-electron chi connectivity index (χ2n) is 5.63. The van der Waals surface area contributed by atoms with Gasteiger partial charge in [0.1, 0.15) is 0 Å². The van der Waals surface area contributed by atoms with Gasteiger partial charge in [-0.2, -0.15) is 0 Å². The van der Waals surface area contributed by atoms with Crippen LogP contribution in [0.5, 0.6) is 0 Å². The Morgan fingerprint density at radius 3 is 2.57 bits per heavy atom. The molecule has 0 aliphatic heterocycles. The monoisotopic (exact) mass is 302 g/mol. The van der Waals surface area contributed by atoms with E-state index in [1.807, 2.05) is 11.3 Å². The third kappa shape index (κ3) is 5.27. The number of thiophene rings is 1. The molecule has 2 nitrogen and oxygen atoms in total. The molecule has 0 amide bonds. The predicted octanol–water partition coefficient (Wildman–Crippen LogP) is 4.23. The summed E-state index contributed by atoms with van der Waals surface area (Å²) >= 11 is 1.84. The van der Waals surface area contributed by atoms with E-state index in [1.165, 1.54) is 16.0 Å². The summed E-state index contributed by atoms with van der Waals surface area (Å²) < 4.78 is 0. The lowest BCUT2D eigenvalue weighted by molar-refractivity contribution is 0.303. The third-order valence-electron chi connectivity index (χ3n) is 3.74. The Labute approximate surface area is 132 Å². The van der Waals surface area contributed by atoms with Gasteiger partial charge in [-0.05, 0) is 43.9 Å². The van der Waals surface area contributed by atoms with Gasteiger partial charge >= 0.3 is 0 Å². The van der Waals surface area contributed by atoms with Gasteiger partial charge in [-0.1, -0.05) is 42.8 Å². The molecule has 2 rings (SSSR count). The van der Waals surface area contributed by atoms with Crippen molar-refractivity contribution in [3.05, 3.63) is 57.8 Å². The van der Waals surface area contributed by atoms with Crippen molar-refractivity contribution in [2.24, 2.45) is 0 Å². The molecular formula is C18H26N2S. The maximum Gasteiger partial charge on any atom is 0.0332 e. The summed E-state index contributed by atoms with van der Waals surface area (Å²) in [6.45, 7) is 7.47. The zero-order chi connectivity index (χ0) is 15.1. The molecule has 1 N–H and O–H groups in total. The average molecular weight is 302 g/mol. The lowest BCUT2D eigenvalue weighted by Crippen LogP contribution is -2.27. The van der Waals surface area contributed by atoms with E-state index in [4.69, 9.17) is 0 Å². The van der Waals surface area contributed by atoms with E-state index in [-0.39, 0.29) is 0 Å². The zero-order valence-corrected chi connectivity index (χ0v) is 14.1. The van der Waals surface area contributed by atoms with Gasteiger partial charge in [0.25, 0.3) is 0 Å². The second-order valence-corrected chi connectivity index (χ2v) is 6.66. The maximum atomic E-state index is 3.61. The molecule has 0 saturated carbocycles. The van der Waals surface area contributed by atoms with Crippen LogP contribution in [0.2, 0.25) is 0 Å². The van der Waals surface area contributed by atoms with Crippen LogP contribution in [0.3, 0.4) is 0 Å². The number of aryl methyl sites for hydroxylation is 1. The molecule has 2 aromatic rings. The molecule has 0 bridgehead atoms. The van der Waals surface area contributed by atoms with E-state index >= 15 is 0 Å². The van der Waals surface area contributed by atoms with Crippen molar-refractivity contribution in [3.63, 3.8) is 0 Å². The minimum Gasteiger partial charge on any atom is -0.310 e. The van der Waals surface area contributed by atoms with Crippen LogP contribution < -0.4 is 5.32 Å². The summed E-state index contributed by atoms with van der Waals surface area (Å²) in [5.41, 5.74) is 2.72. The molecule has 1 aromatic heterocycles. The van der Waals surface area contributed by atoms with Crippen molar-refractivity contribution in [2.75, 3.05) is 20.1 Å². The molecule has 0 aliphatic carbocycles. The summed E-state index contributed by atoms with van der Waals surface area (Å²) in [6.07, 6.45) is 1.14. The van der Waals surface area contributed by atoms with Gasteiger partial charge in [-0.3, -0.25) is 0 Å².